The van der Waals surface area contributed by atoms with Crippen molar-refractivity contribution in [2.45, 2.75) is 63.5 Å². The molecule has 0 unspecified atom stereocenters. The molecule has 34 heavy (non-hydrogen) atoms. The predicted molar refractivity (Wildman–Crippen MR) is 138 cm³/mol. The summed E-state index contributed by atoms with van der Waals surface area (Å²) in [5, 5.41) is 7.28. The van der Waals surface area contributed by atoms with Crippen molar-refractivity contribution in [3.8, 4) is 22.6 Å². The molecule has 2 saturated carbocycles. The SMILES string of the molecule is Nc1cccc(-c2nc3c(NC4CCCC4)cccn3c2-c2ccnc(NC3CCCC3)n2)c1. The number of hydrogen-bond acceptors (Lipinski definition) is 6. The van der Waals surface area contributed by atoms with E-state index >= 15 is 0 Å². The maximum atomic E-state index is 6.15. The Morgan fingerprint density at radius 1 is 0.853 bits per heavy atom. The molecule has 4 aromatic rings. The second kappa shape index (κ2) is 8.97. The molecule has 0 atom stereocenters. The van der Waals surface area contributed by atoms with Gasteiger partial charge in [0.25, 0.3) is 0 Å². The van der Waals surface area contributed by atoms with Gasteiger partial charge in [-0.15, -0.1) is 0 Å². The number of rotatable bonds is 6. The molecule has 6 rings (SSSR count). The summed E-state index contributed by atoms with van der Waals surface area (Å²) in [5.41, 5.74) is 12.5. The number of nitrogens with one attached hydrogen (secondary N) is 2. The van der Waals surface area contributed by atoms with Gasteiger partial charge in [0.05, 0.1) is 22.8 Å². The van der Waals surface area contributed by atoms with Gasteiger partial charge in [-0.05, 0) is 56.0 Å². The Balaban J connectivity index is 1.48. The molecule has 3 aromatic heterocycles. The zero-order chi connectivity index (χ0) is 22.9. The second-order valence-electron chi connectivity index (χ2n) is 9.57. The lowest BCUT2D eigenvalue weighted by molar-refractivity contribution is 0.744. The Morgan fingerprint density at radius 2 is 1.62 bits per heavy atom. The zero-order valence-corrected chi connectivity index (χ0v) is 19.4. The molecule has 0 radical (unpaired) electrons. The predicted octanol–water partition coefficient (Wildman–Crippen LogP) is 5.75. The highest BCUT2D eigenvalue weighted by Gasteiger charge is 2.22. The smallest absolute Gasteiger partial charge is 0.223 e. The topological polar surface area (TPSA) is 93.2 Å². The van der Waals surface area contributed by atoms with Crippen LogP contribution in [-0.2, 0) is 0 Å². The monoisotopic (exact) mass is 453 g/mol. The van der Waals surface area contributed by atoms with Crippen molar-refractivity contribution in [1.29, 1.82) is 0 Å². The largest absolute Gasteiger partial charge is 0.399 e. The van der Waals surface area contributed by atoms with Crippen LogP contribution in [0.2, 0.25) is 0 Å². The molecule has 0 spiro atoms. The molecule has 174 valence electrons. The first kappa shape index (κ1) is 21.0. The maximum Gasteiger partial charge on any atom is 0.223 e. The van der Waals surface area contributed by atoms with Crippen molar-refractivity contribution >= 4 is 23.0 Å². The van der Waals surface area contributed by atoms with Gasteiger partial charge in [0, 0.05) is 35.7 Å². The van der Waals surface area contributed by atoms with E-state index in [0.717, 1.165) is 39.7 Å². The number of pyridine rings is 1. The van der Waals surface area contributed by atoms with Gasteiger partial charge in [0.1, 0.15) is 0 Å². The van der Waals surface area contributed by atoms with Crippen LogP contribution in [0.15, 0.2) is 54.9 Å². The molecular weight excluding hydrogens is 422 g/mol. The lowest BCUT2D eigenvalue weighted by atomic mass is 10.1. The third-order valence-corrected chi connectivity index (χ3v) is 7.11. The number of aromatic nitrogens is 4. The molecule has 2 aliphatic rings. The molecule has 0 saturated heterocycles. The maximum absolute atomic E-state index is 6.15. The number of anilines is 3. The van der Waals surface area contributed by atoms with Crippen LogP contribution in [0.25, 0.3) is 28.3 Å². The summed E-state index contributed by atoms with van der Waals surface area (Å²) >= 11 is 0. The fourth-order valence-electron chi connectivity index (χ4n) is 5.42. The standard InChI is InChI=1S/C27H31N7/c28-19-8-5-7-18(17-19)24-25(22-14-15-29-27(32-22)31-21-11-3-4-12-21)34-16-6-13-23(26(34)33-24)30-20-9-1-2-10-20/h5-8,13-17,20-21,30H,1-4,9-12,28H2,(H,29,31,32). The first-order chi connectivity index (χ1) is 16.7. The summed E-state index contributed by atoms with van der Waals surface area (Å²) in [6.45, 7) is 0. The fourth-order valence-corrected chi connectivity index (χ4v) is 5.42. The molecule has 2 fully saturated rings. The minimum absolute atomic E-state index is 0.452. The fraction of sp³-hybridized carbons (Fsp3) is 0.370. The highest BCUT2D eigenvalue weighted by atomic mass is 15.1. The third kappa shape index (κ3) is 4.06. The van der Waals surface area contributed by atoms with Crippen molar-refractivity contribution in [1.82, 2.24) is 19.4 Å². The summed E-state index contributed by atoms with van der Waals surface area (Å²) in [4.78, 5) is 14.6. The lowest BCUT2D eigenvalue weighted by Crippen LogP contribution is -2.16. The Labute approximate surface area is 199 Å². The van der Waals surface area contributed by atoms with Crippen molar-refractivity contribution < 1.29 is 0 Å². The van der Waals surface area contributed by atoms with E-state index in [2.05, 4.69) is 44.4 Å². The highest BCUT2D eigenvalue weighted by Crippen LogP contribution is 2.35. The first-order valence-electron chi connectivity index (χ1n) is 12.5. The van der Waals surface area contributed by atoms with E-state index in [1.807, 2.05) is 30.5 Å². The van der Waals surface area contributed by atoms with E-state index in [1.54, 1.807) is 0 Å². The Bertz CT molecular complexity index is 1300. The molecule has 7 nitrogen and oxygen atoms in total. The summed E-state index contributed by atoms with van der Waals surface area (Å²) in [6.07, 6.45) is 13.8. The van der Waals surface area contributed by atoms with Crippen molar-refractivity contribution in [2.24, 2.45) is 0 Å². The molecule has 1 aromatic carbocycles. The number of benzene rings is 1. The van der Waals surface area contributed by atoms with Gasteiger partial charge in [-0.1, -0.05) is 37.8 Å². The number of nitrogens with zero attached hydrogens (tertiary/aromatic N) is 4. The summed E-state index contributed by atoms with van der Waals surface area (Å²) in [7, 11) is 0. The van der Waals surface area contributed by atoms with E-state index in [1.165, 1.54) is 51.4 Å². The van der Waals surface area contributed by atoms with Crippen LogP contribution in [0.1, 0.15) is 51.4 Å². The Morgan fingerprint density at radius 3 is 2.38 bits per heavy atom. The molecule has 2 aliphatic carbocycles. The van der Waals surface area contributed by atoms with Gasteiger partial charge in [0.15, 0.2) is 5.65 Å². The summed E-state index contributed by atoms with van der Waals surface area (Å²) in [5.74, 6) is 0.679. The zero-order valence-electron chi connectivity index (χ0n) is 19.4. The molecule has 3 heterocycles. The average molecular weight is 454 g/mol. The molecule has 0 amide bonds. The van der Waals surface area contributed by atoms with Crippen LogP contribution in [0.3, 0.4) is 0 Å². The van der Waals surface area contributed by atoms with Crippen LogP contribution < -0.4 is 16.4 Å². The van der Waals surface area contributed by atoms with E-state index in [0.29, 0.717) is 18.0 Å². The molecule has 0 aliphatic heterocycles. The Kier molecular flexibility index (Phi) is 5.53. The summed E-state index contributed by atoms with van der Waals surface area (Å²) in [6, 6.07) is 15.0. The summed E-state index contributed by atoms with van der Waals surface area (Å²) < 4.78 is 2.15. The van der Waals surface area contributed by atoms with E-state index in [4.69, 9.17) is 15.7 Å². The van der Waals surface area contributed by atoms with Crippen LogP contribution in [-0.4, -0.2) is 31.4 Å². The van der Waals surface area contributed by atoms with Gasteiger partial charge in [-0.3, -0.25) is 4.40 Å². The minimum atomic E-state index is 0.452. The van der Waals surface area contributed by atoms with Crippen molar-refractivity contribution in [3.63, 3.8) is 0 Å². The van der Waals surface area contributed by atoms with Crippen LogP contribution in [0.4, 0.5) is 17.3 Å². The van der Waals surface area contributed by atoms with E-state index < -0.39 is 0 Å². The number of fused-ring (bicyclic) bond motifs is 1. The van der Waals surface area contributed by atoms with Crippen molar-refractivity contribution in [3.05, 3.63) is 54.9 Å². The van der Waals surface area contributed by atoms with Crippen LogP contribution in [0, 0.1) is 0 Å². The second-order valence-corrected chi connectivity index (χ2v) is 9.57. The molecular formula is C27H31N7. The first-order valence-corrected chi connectivity index (χ1v) is 12.5. The Hall–Kier alpha value is -3.61. The van der Waals surface area contributed by atoms with Gasteiger partial charge in [-0.25, -0.2) is 15.0 Å². The van der Waals surface area contributed by atoms with Gasteiger partial charge in [0.2, 0.25) is 5.95 Å². The molecule has 0 bridgehead atoms. The van der Waals surface area contributed by atoms with Gasteiger partial charge < -0.3 is 16.4 Å². The number of nitrogens with two attached hydrogens (primary N) is 1. The minimum Gasteiger partial charge on any atom is -0.399 e. The quantitative estimate of drug-likeness (QED) is 0.322. The lowest BCUT2D eigenvalue weighted by Gasteiger charge is -2.14. The number of imidazole rings is 1. The van der Waals surface area contributed by atoms with Crippen LogP contribution >= 0.6 is 0 Å². The highest BCUT2D eigenvalue weighted by molar-refractivity contribution is 5.85. The van der Waals surface area contributed by atoms with E-state index in [9.17, 15) is 0 Å². The van der Waals surface area contributed by atoms with Gasteiger partial charge >= 0.3 is 0 Å². The molecule has 7 heteroatoms. The number of hydrogen-bond donors (Lipinski definition) is 3. The van der Waals surface area contributed by atoms with Crippen molar-refractivity contribution in [2.75, 3.05) is 16.4 Å². The third-order valence-electron chi connectivity index (χ3n) is 7.11. The number of nitrogen functional groups attached to an aromatic ring is 1. The molecule has 4 N–H and O–H groups in total. The normalized spacial score (nSPS) is 16.9. The van der Waals surface area contributed by atoms with Crippen LogP contribution in [0.5, 0.6) is 0 Å². The van der Waals surface area contributed by atoms with E-state index in [-0.39, 0.29) is 0 Å². The van der Waals surface area contributed by atoms with Gasteiger partial charge in [-0.2, -0.15) is 0 Å². The average Bonchev–Trinajstić information content (AvgIpc) is 3.61.